The van der Waals surface area contributed by atoms with Gasteiger partial charge in [0.25, 0.3) is 0 Å². The quantitative estimate of drug-likeness (QED) is 0.572. The molecule has 10 heteroatoms. The van der Waals surface area contributed by atoms with Crippen molar-refractivity contribution in [3.63, 3.8) is 0 Å². The molecule has 1 aromatic carbocycles. The SMILES string of the molecule is Cc1nc(SCC(=O)N2CCN(S(=O)(=O)c3ccc(F)cc3)CC2)n(C2CCCCC2)c1C. The lowest BCUT2D eigenvalue weighted by molar-refractivity contribution is -0.129. The van der Waals surface area contributed by atoms with E-state index in [0.717, 1.165) is 35.8 Å². The Labute approximate surface area is 199 Å². The predicted molar refractivity (Wildman–Crippen MR) is 126 cm³/mol. The first kappa shape index (κ1) is 24.2. The van der Waals surface area contributed by atoms with Crippen LogP contribution < -0.4 is 0 Å². The molecular weight excluding hydrogens is 463 g/mol. The molecule has 0 bridgehead atoms. The van der Waals surface area contributed by atoms with E-state index in [9.17, 15) is 17.6 Å². The Bertz CT molecular complexity index is 1090. The van der Waals surface area contributed by atoms with Gasteiger partial charge in [0.05, 0.1) is 16.3 Å². The van der Waals surface area contributed by atoms with Crippen molar-refractivity contribution in [2.24, 2.45) is 0 Å². The second-order valence-corrected chi connectivity index (χ2v) is 11.6. The maximum atomic E-state index is 13.1. The number of nitrogens with zero attached hydrogens (tertiary/aromatic N) is 4. The molecule has 2 aliphatic rings. The van der Waals surface area contributed by atoms with Gasteiger partial charge in [-0.1, -0.05) is 31.0 Å². The highest BCUT2D eigenvalue weighted by Gasteiger charge is 2.30. The monoisotopic (exact) mass is 494 g/mol. The van der Waals surface area contributed by atoms with Gasteiger partial charge in [0, 0.05) is 37.9 Å². The van der Waals surface area contributed by atoms with Gasteiger partial charge in [0.15, 0.2) is 5.16 Å². The van der Waals surface area contributed by atoms with Gasteiger partial charge in [-0.2, -0.15) is 4.31 Å². The number of carbonyl (C=O) groups is 1. The van der Waals surface area contributed by atoms with Crippen molar-refractivity contribution in [3.05, 3.63) is 41.5 Å². The number of carbonyl (C=O) groups excluding carboxylic acids is 1. The number of thioether (sulfide) groups is 1. The third-order valence-electron chi connectivity index (χ3n) is 6.66. The summed E-state index contributed by atoms with van der Waals surface area (Å²) in [6.07, 6.45) is 6.06. The Hall–Kier alpha value is -1.91. The second kappa shape index (κ2) is 10.1. The minimum atomic E-state index is -3.69. The molecule has 33 heavy (non-hydrogen) atoms. The average Bonchev–Trinajstić information content (AvgIpc) is 3.11. The molecule has 1 aliphatic carbocycles. The third kappa shape index (κ3) is 5.27. The Balaban J connectivity index is 1.35. The fraction of sp³-hybridized carbons (Fsp3) is 0.565. The first-order valence-electron chi connectivity index (χ1n) is 11.5. The molecule has 2 fully saturated rings. The highest BCUT2D eigenvalue weighted by Crippen LogP contribution is 2.34. The van der Waals surface area contributed by atoms with E-state index >= 15 is 0 Å². The van der Waals surface area contributed by atoms with Crippen LogP contribution in [0.5, 0.6) is 0 Å². The van der Waals surface area contributed by atoms with Crippen LogP contribution in [0.1, 0.15) is 49.5 Å². The van der Waals surface area contributed by atoms with Crippen LogP contribution >= 0.6 is 11.8 Å². The Morgan fingerprint density at radius 1 is 1.06 bits per heavy atom. The van der Waals surface area contributed by atoms with Gasteiger partial charge in [0.2, 0.25) is 15.9 Å². The normalized spacial score (nSPS) is 18.6. The highest BCUT2D eigenvalue weighted by atomic mass is 32.2. The van der Waals surface area contributed by atoms with Crippen LogP contribution in [-0.2, 0) is 14.8 Å². The van der Waals surface area contributed by atoms with Crippen molar-refractivity contribution in [2.75, 3.05) is 31.9 Å². The largest absolute Gasteiger partial charge is 0.339 e. The summed E-state index contributed by atoms with van der Waals surface area (Å²) in [6, 6.07) is 5.29. The van der Waals surface area contributed by atoms with Crippen molar-refractivity contribution in [3.8, 4) is 0 Å². The molecule has 1 saturated carbocycles. The standard InChI is InChI=1S/C23H31FN4O3S2/c1-17-18(2)28(20-6-4-3-5-7-20)23(25-17)32-16-22(29)26-12-14-27(15-13-26)33(30,31)21-10-8-19(24)9-11-21/h8-11,20H,3-7,12-16H2,1-2H3. The van der Waals surface area contributed by atoms with E-state index < -0.39 is 15.8 Å². The Morgan fingerprint density at radius 3 is 2.33 bits per heavy atom. The molecule has 1 amide bonds. The van der Waals surface area contributed by atoms with E-state index in [1.807, 2.05) is 6.92 Å². The summed E-state index contributed by atoms with van der Waals surface area (Å²) in [5, 5.41) is 0.905. The van der Waals surface area contributed by atoms with Crippen molar-refractivity contribution in [1.29, 1.82) is 0 Å². The molecule has 0 spiro atoms. The van der Waals surface area contributed by atoms with Gasteiger partial charge in [-0.05, 0) is 51.0 Å². The summed E-state index contributed by atoms with van der Waals surface area (Å²) < 4.78 is 42.4. The minimum absolute atomic E-state index is 0.00710. The Morgan fingerprint density at radius 2 is 1.70 bits per heavy atom. The van der Waals surface area contributed by atoms with E-state index in [1.165, 1.54) is 53.2 Å². The van der Waals surface area contributed by atoms with Gasteiger partial charge in [0.1, 0.15) is 5.82 Å². The fourth-order valence-electron chi connectivity index (χ4n) is 4.62. The summed E-state index contributed by atoms with van der Waals surface area (Å²) in [4.78, 5) is 19.4. The summed E-state index contributed by atoms with van der Waals surface area (Å²) in [5.74, 6) is -0.198. The molecule has 0 atom stereocenters. The zero-order chi connectivity index (χ0) is 23.6. The number of benzene rings is 1. The number of imidazole rings is 1. The number of piperazine rings is 1. The molecule has 2 aromatic rings. The fourth-order valence-corrected chi connectivity index (χ4v) is 7.10. The lowest BCUT2D eigenvalue weighted by Crippen LogP contribution is -2.51. The molecule has 180 valence electrons. The zero-order valence-corrected chi connectivity index (χ0v) is 20.8. The van der Waals surface area contributed by atoms with E-state index in [-0.39, 0.29) is 29.6 Å². The average molecular weight is 495 g/mol. The topological polar surface area (TPSA) is 75.5 Å². The van der Waals surface area contributed by atoms with Gasteiger partial charge in [-0.25, -0.2) is 17.8 Å². The highest BCUT2D eigenvalue weighted by molar-refractivity contribution is 7.99. The smallest absolute Gasteiger partial charge is 0.243 e. The van der Waals surface area contributed by atoms with Crippen LogP contribution in [-0.4, -0.2) is 65.0 Å². The van der Waals surface area contributed by atoms with Gasteiger partial charge in [-0.15, -0.1) is 0 Å². The number of aromatic nitrogens is 2. The summed E-state index contributed by atoms with van der Waals surface area (Å²) in [7, 11) is -3.69. The summed E-state index contributed by atoms with van der Waals surface area (Å²) in [6.45, 7) is 5.25. The molecule has 7 nitrogen and oxygen atoms in total. The van der Waals surface area contributed by atoms with Crippen molar-refractivity contribution in [2.45, 2.75) is 62.0 Å². The predicted octanol–water partition coefficient (Wildman–Crippen LogP) is 3.77. The number of sulfonamides is 1. The van der Waals surface area contributed by atoms with Gasteiger partial charge >= 0.3 is 0 Å². The maximum absolute atomic E-state index is 13.1. The lowest BCUT2D eigenvalue weighted by Gasteiger charge is -2.34. The van der Waals surface area contributed by atoms with Crippen molar-refractivity contribution >= 4 is 27.7 Å². The molecule has 2 heterocycles. The molecule has 1 aliphatic heterocycles. The van der Waals surface area contributed by atoms with Gasteiger partial charge < -0.3 is 9.47 Å². The van der Waals surface area contributed by atoms with Crippen LogP contribution in [0.2, 0.25) is 0 Å². The Kier molecular flexibility index (Phi) is 7.45. The van der Waals surface area contributed by atoms with Gasteiger partial charge in [-0.3, -0.25) is 4.79 Å². The molecule has 1 saturated heterocycles. The summed E-state index contributed by atoms with van der Waals surface area (Å²) in [5.41, 5.74) is 2.19. The number of halogens is 1. The third-order valence-corrected chi connectivity index (χ3v) is 9.51. The molecular formula is C23H31FN4O3S2. The molecule has 0 radical (unpaired) electrons. The molecule has 4 rings (SSSR count). The first-order chi connectivity index (χ1) is 15.8. The van der Waals surface area contributed by atoms with E-state index in [4.69, 9.17) is 4.98 Å². The van der Waals surface area contributed by atoms with E-state index in [2.05, 4.69) is 11.5 Å². The van der Waals surface area contributed by atoms with Crippen molar-refractivity contribution < 1.29 is 17.6 Å². The van der Waals surface area contributed by atoms with Crippen LogP contribution in [0.4, 0.5) is 4.39 Å². The summed E-state index contributed by atoms with van der Waals surface area (Å²) >= 11 is 1.48. The second-order valence-electron chi connectivity index (χ2n) is 8.75. The molecule has 0 unspecified atom stereocenters. The number of rotatable bonds is 6. The lowest BCUT2D eigenvalue weighted by atomic mass is 9.95. The number of hydrogen-bond acceptors (Lipinski definition) is 5. The maximum Gasteiger partial charge on any atom is 0.243 e. The van der Waals surface area contributed by atoms with E-state index in [1.54, 1.807) is 4.90 Å². The zero-order valence-electron chi connectivity index (χ0n) is 19.2. The number of aryl methyl sites for hydroxylation is 1. The van der Waals surface area contributed by atoms with Crippen LogP contribution in [0, 0.1) is 19.7 Å². The van der Waals surface area contributed by atoms with Crippen LogP contribution in [0.25, 0.3) is 0 Å². The first-order valence-corrected chi connectivity index (χ1v) is 13.9. The number of hydrogen-bond donors (Lipinski definition) is 0. The molecule has 0 N–H and O–H groups in total. The number of amides is 1. The van der Waals surface area contributed by atoms with Crippen LogP contribution in [0.3, 0.4) is 0 Å². The van der Waals surface area contributed by atoms with E-state index in [0.29, 0.717) is 19.1 Å². The van der Waals surface area contributed by atoms with Crippen molar-refractivity contribution in [1.82, 2.24) is 18.8 Å². The minimum Gasteiger partial charge on any atom is -0.339 e. The molecule has 1 aromatic heterocycles. The van der Waals surface area contributed by atoms with Crippen LogP contribution in [0.15, 0.2) is 34.3 Å².